The summed E-state index contributed by atoms with van der Waals surface area (Å²) in [4.78, 5) is 13.7. The number of methoxy groups -OCH3 is 1. The summed E-state index contributed by atoms with van der Waals surface area (Å²) in [6, 6.07) is 8.07. The normalized spacial score (nSPS) is 20.1. The molecular formula is C13H18N2O2. The Bertz CT molecular complexity index is 389. The minimum absolute atomic E-state index is 0.287. The lowest BCUT2D eigenvalue weighted by atomic mass is 10.1. The van der Waals surface area contributed by atoms with E-state index in [-0.39, 0.29) is 5.97 Å². The molecule has 0 bridgehead atoms. The maximum atomic E-state index is 11.3. The number of piperazine rings is 1. The molecule has 0 spiro atoms. The van der Waals surface area contributed by atoms with Crippen LogP contribution in [0.4, 0.5) is 5.69 Å². The third kappa shape index (κ3) is 2.58. The number of nitrogens with one attached hydrogen (secondary N) is 1. The molecule has 1 unspecified atom stereocenters. The van der Waals surface area contributed by atoms with Gasteiger partial charge in [-0.15, -0.1) is 0 Å². The Morgan fingerprint density at radius 2 is 2.12 bits per heavy atom. The molecule has 4 nitrogen and oxygen atoms in total. The summed E-state index contributed by atoms with van der Waals surface area (Å²) in [6.45, 7) is 5.20. The maximum absolute atomic E-state index is 11.3. The number of carbonyl (C=O) groups excluding carboxylic acids is 1. The number of ether oxygens (including phenoxy) is 1. The van der Waals surface area contributed by atoms with Crippen LogP contribution < -0.4 is 10.2 Å². The Hall–Kier alpha value is -1.55. The van der Waals surface area contributed by atoms with E-state index in [2.05, 4.69) is 21.9 Å². The second-order valence-corrected chi connectivity index (χ2v) is 4.28. The molecule has 0 saturated carbocycles. The number of carbonyl (C=O) groups is 1. The first-order valence-electron chi connectivity index (χ1n) is 5.88. The molecule has 1 fully saturated rings. The van der Waals surface area contributed by atoms with E-state index in [0.717, 1.165) is 25.3 Å². The van der Waals surface area contributed by atoms with Crippen molar-refractivity contribution in [3.8, 4) is 0 Å². The molecule has 1 heterocycles. The van der Waals surface area contributed by atoms with Crippen LogP contribution in [0.3, 0.4) is 0 Å². The fourth-order valence-electron chi connectivity index (χ4n) is 2.13. The van der Waals surface area contributed by atoms with Gasteiger partial charge in [0, 0.05) is 31.4 Å². The Kier molecular flexibility index (Phi) is 3.64. The topological polar surface area (TPSA) is 41.6 Å². The molecule has 1 saturated heterocycles. The van der Waals surface area contributed by atoms with Gasteiger partial charge in [-0.3, -0.25) is 0 Å². The van der Waals surface area contributed by atoms with Gasteiger partial charge in [0.25, 0.3) is 0 Å². The smallest absolute Gasteiger partial charge is 0.337 e. The van der Waals surface area contributed by atoms with Crippen LogP contribution in [0.5, 0.6) is 0 Å². The fraction of sp³-hybridized carbons (Fsp3) is 0.462. The minimum Gasteiger partial charge on any atom is -0.465 e. The van der Waals surface area contributed by atoms with Crippen molar-refractivity contribution in [3.63, 3.8) is 0 Å². The van der Waals surface area contributed by atoms with Crippen molar-refractivity contribution in [2.75, 3.05) is 31.6 Å². The first-order valence-corrected chi connectivity index (χ1v) is 5.88. The van der Waals surface area contributed by atoms with Crippen molar-refractivity contribution in [1.29, 1.82) is 0 Å². The van der Waals surface area contributed by atoms with Gasteiger partial charge in [0.15, 0.2) is 0 Å². The molecule has 1 aliphatic heterocycles. The van der Waals surface area contributed by atoms with E-state index in [1.165, 1.54) is 7.11 Å². The Balaban J connectivity index is 2.14. The van der Waals surface area contributed by atoms with Crippen molar-refractivity contribution in [2.24, 2.45) is 0 Å². The van der Waals surface area contributed by atoms with Crippen LogP contribution in [0.1, 0.15) is 17.3 Å². The van der Waals surface area contributed by atoms with Crippen LogP contribution in [-0.4, -0.2) is 38.8 Å². The molecular weight excluding hydrogens is 216 g/mol. The summed E-state index contributed by atoms with van der Waals surface area (Å²) in [5.41, 5.74) is 1.76. The highest BCUT2D eigenvalue weighted by molar-refractivity contribution is 5.89. The molecule has 0 amide bonds. The molecule has 92 valence electrons. The van der Waals surface area contributed by atoms with Gasteiger partial charge >= 0.3 is 5.97 Å². The molecule has 2 rings (SSSR count). The Morgan fingerprint density at radius 1 is 1.41 bits per heavy atom. The summed E-state index contributed by atoms with van der Waals surface area (Å²) in [5.74, 6) is -0.287. The van der Waals surface area contributed by atoms with Crippen molar-refractivity contribution in [2.45, 2.75) is 13.0 Å². The molecule has 1 N–H and O–H groups in total. The summed E-state index contributed by atoms with van der Waals surface area (Å²) in [6.07, 6.45) is 0. The van der Waals surface area contributed by atoms with Crippen LogP contribution in [0.15, 0.2) is 24.3 Å². The summed E-state index contributed by atoms with van der Waals surface area (Å²) in [7, 11) is 1.40. The van der Waals surface area contributed by atoms with Gasteiger partial charge in [-0.1, -0.05) is 0 Å². The Labute approximate surface area is 102 Å². The van der Waals surface area contributed by atoms with E-state index in [0.29, 0.717) is 11.6 Å². The van der Waals surface area contributed by atoms with Gasteiger partial charge in [0.05, 0.1) is 12.7 Å². The number of rotatable bonds is 2. The van der Waals surface area contributed by atoms with E-state index in [1.54, 1.807) is 0 Å². The average Bonchev–Trinajstić information content (AvgIpc) is 2.39. The highest BCUT2D eigenvalue weighted by Crippen LogP contribution is 2.19. The third-order valence-electron chi connectivity index (χ3n) is 3.12. The van der Waals surface area contributed by atoms with Crippen LogP contribution in [0.25, 0.3) is 0 Å². The standard InChI is InChI=1S/C13H18N2O2/c1-10-9-14-7-8-15(10)12-5-3-11(4-6-12)13(16)17-2/h3-6,10,14H,7-9H2,1-2H3. The zero-order valence-electron chi connectivity index (χ0n) is 10.3. The lowest BCUT2D eigenvalue weighted by Crippen LogP contribution is -2.49. The first kappa shape index (κ1) is 11.9. The average molecular weight is 234 g/mol. The fourth-order valence-corrected chi connectivity index (χ4v) is 2.13. The molecule has 4 heteroatoms. The highest BCUT2D eigenvalue weighted by atomic mass is 16.5. The molecule has 17 heavy (non-hydrogen) atoms. The summed E-state index contributed by atoms with van der Waals surface area (Å²) in [5, 5.41) is 3.36. The van der Waals surface area contributed by atoms with E-state index in [1.807, 2.05) is 24.3 Å². The van der Waals surface area contributed by atoms with E-state index in [4.69, 9.17) is 0 Å². The van der Waals surface area contributed by atoms with Crippen LogP contribution in [-0.2, 0) is 4.74 Å². The predicted octanol–water partition coefficient (Wildman–Crippen LogP) is 1.27. The van der Waals surface area contributed by atoms with Crippen LogP contribution in [0, 0.1) is 0 Å². The second kappa shape index (κ2) is 5.19. The first-order chi connectivity index (χ1) is 8.22. The lowest BCUT2D eigenvalue weighted by molar-refractivity contribution is 0.0601. The zero-order valence-corrected chi connectivity index (χ0v) is 10.3. The van der Waals surface area contributed by atoms with Gasteiger partial charge in [-0.2, -0.15) is 0 Å². The van der Waals surface area contributed by atoms with Crippen molar-refractivity contribution in [1.82, 2.24) is 5.32 Å². The third-order valence-corrected chi connectivity index (χ3v) is 3.12. The Morgan fingerprint density at radius 3 is 2.71 bits per heavy atom. The molecule has 1 aromatic rings. The summed E-state index contributed by atoms with van der Waals surface area (Å²) < 4.78 is 4.68. The van der Waals surface area contributed by atoms with E-state index >= 15 is 0 Å². The van der Waals surface area contributed by atoms with Crippen molar-refractivity contribution in [3.05, 3.63) is 29.8 Å². The monoisotopic (exact) mass is 234 g/mol. The largest absolute Gasteiger partial charge is 0.465 e. The number of hydrogen-bond acceptors (Lipinski definition) is 4. The summed E-state index contributed by atoms with van der Waals surface area (Å²) >= 11 is 0. The quantitative estimate of drug-likeness (QED) is 0.782. The predicted molar refractivity (Wildman–Crippen MR) is 67.5 cm³/mol. The van der Waals surface area contributed by atoms with Crippen LogP contribution >= 0.6 is 0 Å². The number of hydrogen-bond donors (Lipinski definition) is 1. The number of benzene rings is 1. The van der Waals surface area contributed by atoms with Crippen molar-refractivity contribution >= 4 is 11.7 Å². The lowest BCUT2D eigenvalue weighted by Gasteiger charge is -2.35. The molecule has 0 radical (unpaired) electrons. The number of anilines is 1. The highest BCUT2D eigenvalue weighted by Gasteiger charge is 2.18. The van der Waals surface area contributed by atoms with E-state index in [9.17, 15) is 4.79 Å². The van der Waals surface area contributed by atoms with Gasteiger partial charge in [-0.05, 0) is 31.2 Å². The second-order valence-electron chi connectivity index (χ2n) is 4.28. The molecule has 0 aliphatic carbocycles. The van der Waals surface area contributed by atoms with E-state index < -0.39 is 0 Å². The number of nitrogens with zero attached hydrogens (tertiary/aromatic N) is 1. The van der Waals surface area contributed by atoms with Gasteiger partial charge in [0.1, 0.15) is 0 Å². The minimum atomic E-state index is -0.287. The van der Waals surface area contributed by atoms with Crippen molar-refractivity contribution < 1.29 is 9.53 Å². The zero-order chi connectivity index (χ0) is 12.3. The van der Waals surface area contributed by atoms with Gasteiger partial charge in [-0.25, -0.2) is 4.79 Å². The molecule has 1 atom stereocenters. The van der Waals surface area contributed by atoms with Gasteiger partial charge in [0.2, 0.25) is 0 Å². The SMILES string of the molecule is COC(=O)c1ccc(N2CCNCC2C)cc1. The number of esters is 1. The van der Waals surface area contributed by atoms with Crippen LogP contribution in [0.2, 0.25) is 0 Å². The molecule has 1 aliphatic rings. The molecule has 0 aromatic heterocycles. The van der Waals surface area contributed by atoms with Gasteiger partial charge < -0.3 is 15.0 Å². The maximum Gasteiger partial charge on any atom is 0.337 e. The molecule has 1 aromatic carbocycles.